The van der Waals surface area contributed by atoms with Gasteiger partial charge in [-0.3, -0.25) is 0 Å². The van der Waals surface area contributed by atoms with E-state index in [0.29, 0.717) is 5.56 Å². The van der Waals surface area contributed by atoms with Crippen LogP contribution in [0.4, 0.5) is 0 Å². The van der Waals surface area contributed by atoms with Gasteiger partial charge in [-0.1, -0.05) is 12.1 Å². The molecule has 0 aliphatic heterocycles. The molecule has 0 aliphatic carbocycles. The maximum atomic E-state index is 11.3. The maximum Gasteiger partial charge on any atom is 0.175 e. The fourth-order valence-electron chi connectivity index (χ4n) is 1.56. The third kappa shape index (κ3) is 2.83. The molecule has 96 valence electrons. The van der Waals surface area contributed by atoms with E-state index < -0.39 is 15.9 Å². The lowest BCUT2D eigenvalue weighted by atomic mass is 10.0. The third-order valence-corrected chi connectivity index (χ3v) is 5.44. The highest BCUT2D eigenvalue weighted by Gasteiger charge is 2.15. The summed E-state index contributed by atoms with van der Waals surface area (Å²) < 4.78 is 23.5. The summed E-state index contributed by atoms with van der Waals surface area (Å²) in [5, 5.41) is 13.9. The molecule has 0 spiro atoms. The van der Waals surface area contributed by atoms with Crippen LogP contribution in [-0.4, -0.2) is 19.8 Å². The van der Waals surface area contributed by atoms with E-state index in [1.165, 1.54) is 23.5 Å². The number of hydrogen-bond acceptors (Lipinski definition) is 4. The first-order valence-corrected chi connectivity index (χ1v) is 8.72. The van der Waals surface area contributed by atoms with Crippen LogP contribution in [0.5, 0.6) is 0 Å². The van der Waals surface area contributed by atoms with Crippen molar-refractivity contribution in [1.29, 1.82) is 0 Å². The highest BCUT2D eigenvalue weighted by Crippen LogP contribution is 2.31. The number of aliphatic hydroxyl groups is 1. The van der Waals surface area contributed by atoms with E-state index >= 15 is 0 Å². The normalized spacial score (nSPS) is 13.5. The molecule has 0 saturated carbocycles. The van der Waals surface area contributed by atoms with Gasteiger partial charge in [-0.05, 0) is 39.0 Å². The average molecular weight is 347 g/mol. The van der Waals surface area contributed by atoms with E-state index in [0.717, 1.165) is 16.3 Å². The molecule has 6 heteroatoms. The Labute approximate surface area is 118 Å². The van der Waals surface area contributed by atoms with E-state index in [9.17, 15) is 13.5 Å². The van der Waals surface area contributed by atoms with Crippen molar-refractivity contribution in [2.75, 3.05) is 6.26 Å². The number of sulfone groups is 1. The van der Waals surface area contributed by atoms with Gasteiger partial charge >= 0.3 is 0 Å². The smallest absolute Gasteiger partial charge is 0.175 e. The second-order valence-corrected chi connectivity index (χ2v) is 7.53. The summed E-state index contributed by atoms with van der Waals surface area (Å²) in [5.41, 5.74) is 1.45. The Morgan fingerprint density at radius 1 is 1.22 bits per heavy atom. The van der Waals surface area contributed by atoms with E-state index in [-0.39, 0.29) is 4.90 Å². The van der Waals surface area contributed by atoms with Crippen LogP contribution in [0.15, 0.2) is 44.4 Å². The largest absolute Gasteiger partial charge is 0.384 e. The van der Waals surface area contributed by atoms with Crippen LogP contribution in [0.3, 0.4) is 0 Å². The molecule has 1 unspecified atom stereocenters. The minimum Gasteiger partial charge on any atom is -0.384 e. The molecule has 2 aromatic rings. The molecule has 0 radical (unpaired) electrons. The topological polar surface area (TPSA) is 54.4 Å². The molecule has 0 fully saturated rings. The van der Waals surface area contributed by atoms with Crippen LogP contribution in [-0.2, 0) is 9.84 Å². The van der Waals surface area contributed by atoms with Crippen LogP contribution >= 0.6 is 27.3 Å². The first-order valence-electron chi connectivity index (χ1n) is 5.09. The van der Waals surface area contributed by atoms with Gasteiger partial charge in [0, 0.05) is 21.7 Å². The zero-order valence-corrected chi connectivity index (χ0v) is 12.7. The van der Waals surface area contributed by atoms with E-state index in [1.54, 1.807) is 12.1 Å². The van der Waals surface area contributed by atoms with Gasteiger partial charge in [0.2, 0.25) is 0 Å². The number of aliphatic hydroxyl groups excluding tert-OH is 1. The molecule has 1 aromatic carbocycles. The maximum absolute atomic E-state index is 11.3. The lowest BCUT2D eigenvalue weighted by molar-refractivity contribution is 0.220. The fourth-order valence-corrected chi connectivity index (χ4v) is 3.73. The number of thiophene rings is 1. The lowest BCUT2D eigenvalue weighted by Crippen LogP contribution is -2.01. The Balaban J connectivity index is 2.33. The molecule has 0 saturated heterocycles. The van der Waals surface area contributed by atoms with Gasteiger partial charge in [-0.25, -0.2) is 8.42 Å². The molecule has 2 rings (SSSR count). The highest BCUT2D eigenvalue weighted by atomic mass is 79.9. The molecule has 0 bridgehead atoms. The molecule has 0 amide bonds. The zero-order valence-electron chi connectivity index (χ0n) is 9.50. The van der Waals surface area contributed by atoms with Gasteiger partial charge in [0.25, 0.3) is 0 Å². The van der Waals surface area contributed by atoms with Crippen LogP contribution in [0.25, 0.3) is 0 Å². The van der Waals surface area contributed by atoms with Crippen molar-refractivity contribution in [3.8, 4) is 0 Å². The van der Waals surface area contributed by atoms with Crippen LogP contribution in [0.2, 0.25) is 0 Å². The van der Waals surface area contributed by atoms with Crippen molar-refractivity contribution in [2.45, 2.75) is 11.0 Å². The van der Waals surface area contributed by atoms with Crippen molar-refractivity contribution >= 4 is 37.1 Å². The number of benzene rings is 1. The van der Waals surface area contributed by atoms with Crippen LogP contribution < -0.4 is 0 Å². The van der Waals surface area contributed by atoms with Gasteiger partial charge in [-0.15, -0.1) is 0 Å². The summed E-state index contributed by atoms with van der Waals surface area (Å²) >= 11 is 4.86. The molecular weight excluding hydrogens is 336 g/mol. The molecule has 1 heterocycles. The molecule has 1 N–H and O–H groups in total. The van der Waals surface area contributed by atoms with Gasteiger partial charge in [0.15, 0.2) is 9.84 Å². The van der Waals surface area contributed by atoms with Crippen molar-refractivity contribution in [2.24, 2.45) is 0 Å². The van der Waals surface area contributed by atoms with Crippen molar-refractivity contribution in [3.63, 3.8) is 0 Å². The van der Waals surface area contributed by atoms with Crippen molar-refractivity contribution < 1.29 is 13.5 Å². The molecule has 1 aromatic heterocycles. The summed E-state index contributed by atoms with van der Waals surface area (Å²) in [7, 11) is -3.20. The van der Waals surface area contributed by atoms with Crippen LogP contribution in [0, 0.1) is 0 Å². The van der Waals surface area contributed by atoms with Crippen molar-refractivity contribution in [3.05, 3.63) is 50.6 Å². The summed E-state index contributed by atoms with van der Waals surface area (Å²) in [6, 6.07) is 6.28. The highest BCUT2D eigenvalue weighted by molar-refractivity contribution is 9.10. The fraction of sp³-hybridized carbons (Fsp3) is 0.167. The lowest BCUT2D eigenvalue weighted by Gasteiger charge is -2.10. The first kappa shape index (κ1) is 13.7. The van der Waals surface area contributed by atoms with Gasteiger partial charge < -0.3 is 5.11 Å². The summed E-state index contributed by atoms with van der Waals surface area (Å²) in [4.78, 5) is 0.253. The Hall–Kier alpha value is -0.690. The molecular formula is C12H11BrO3S2. The van der Waals surface area contributed by atoms with Gasteiger partial charge in [-0.2, -0.15) is 11.3 Å². The Morgan fingerprint density at radius 2 is 1.83 bits per heavy atom. The van der Waals surface area contributed by atoms with Crippen molar-refractivity contribution in [1.82, 2.24) is 0 Å². The zero-order chi connectivity index (χ0) is 13.3. The summed E-state index contributed by atoms with van der Waals surface area (Å²) in [5.74, 6) is 0. The monoisotopic (exact) mass is 346 g/mol. The average Bonchev–Trinajstić information content (AvgIpc) is 2.73. The predicted molar refractivity (Wildman–Crippen MR) is 75.6 cm³/mol. The molecule has 18 heavy (non-hydrogen) atoms. The Bertz CT molecular complexity index is 644. The molecule has 1 atom stereocenters. The summed E-state index contributed by atoms with van der Waals surface area (Å²) in [6.07, 6.45) is 0.410. The minimum absolute atomic E-state index is 0.253. The second-order valence-electron chi connectivity index (χ2n) is 3.92. The number of hydrogen-bond donors (Lipinski definition) is 1. The number of halogens is 1. The van der Waals surface area contributed by atoms with E-state index in [4.69, 9.17) is 0 Å². The van der Waals surface area contributed by atoms with Gasteiger partial charge in [0.05, 0.1) is 4.90 Å². The standard InChI is InChI=1S/C12H11BrO3S2/c1-18(15,16)9-4-2-8(3-5-9)12(14)10-6-17-7-11(10)13/h2-7,12,14H,1H3. The molecule has 0 aliphatic rings. The van der Waals surface area contributed by atoms with Gasteiger partial charge in [0.1, 0.15) is 6.10 Å². The number of rotatable bonds is 3. The van der Waals surface area contributed by atoms with E-state index in [2.05, 4.69) is 15.9 Å². The van der Waals surface area contributed by atoms with Crippen LogP contribution in [0.1, 0.15) is 17.2 Å². The predicted octanol–water partition coefficient (Wildman–Crippen LogP) is 3.00. The first-order chi connectivity index (χ1) is 8.39. The molecule has 3 nitrogen and oxygen atoms in total. The second kappa shape index (κ2) is 5.13. The third-order valence-electron chi connectivity index (χ3n) is 2.56. The quantitative estimate of drug-likeness (QED) is 0.929. The van der Waals surface area contributed by atoms with E-state index in [1.807, 2.05) is 10.8 Å². The Morgan fingerprint density at radius 3 is 2.28 bits per heavy atom. The Kier molecular flexibility index (Phi) is 3.91. The minimum atomic E-state index is -3.20. The summed E-state index contributed by atoms with van der Waals surface area (Å²) in [6.45, 7) is 0. The SMILES string of the molecule is CS(=O)(=O)c1ccc(C(O)c2cscc2Br)cc1.